The lowest BCUT2D eigenvalue weighted by molar-refractivity contribution is -0.118. The summed E-state index contributed by atoms with van der Waals surface area (Å²) in [6, 6.07) is 0.0174. The van der Waals surface area contributed by atoms with E-state index in [1.54, 1.807) is 0 Å². The first-order valence-electron chi connectivity index (χ1n) is 3.56. The van der Waals surface area contributed by atoms with Crippen LogP contribution in [0.25, 0.3) is 0 Å². The molecule has 0 radical (unpaired) electrons. The zero-order chi connectivity index (χ0) is 7.14. The molecule has 0 saturated carbocycles. The fourth-order valence-electron chi connectivity index (χ4n) is 1.21. The monoisotopic (exact) mass is 139 g/mol. The summed E-state index contributed by atoms with van der Waals surface area (Å²) in [7, 11) is 0. The average molecular weight is 139 g/mol. The van der Waals surface area contributed by atoms with Crippen molar-refractivity contribution in [1.82, 2.24) is 5.32 Å². The van der Waals surface area contributed by atoms with Gasteiger partial charge in [0.15, 0.2) is 0 Å². The van der Waals surface area contributed by atoms with Gasteiger partial charge in [0, 0.05) is 0 Å². The van der Waals surface area contributed by atoms with Crippen LogP contribution in [0.4, 0.5) is 0 Å². The Morgan fingerprint density at radius 1 is 1.70 bits per heavy atom. The van der Waals surface area contributed by atoms with Crippen molar-refractivity contribution in [3.63, 3.8) is 0 Å². The third kappa shape index (κ3) is 0.632. The lowest BCUT2D eigenvalue weighted by Crippen LogP contribution is -2.31. The molecular weight excluding hydrogens is 130 g/mol. The van der Waals surface area contributed by atoms with E-state index < -0.39 is 0 Å². The summed E-state index contributed by atoms with van der Waals surface area (Å²) in [4.78, 5) is 11.1. The van der Waals surface area contributed by atoms with Crippen LogP contribution in [-0.4, -0.2) is 11.8 Å². The molecule has 0 aromatic heterocycles. The summed E-state index contributed by atoms with van der Waals surface area (Å²) in [5.41, 5.74) is 0. The Morgan fingerprint density at radius 3 is 3.00 bits per heavy atom. The van der Waals surface area contributed by atoms with Crippen molar-refractivity contribution < 1.29 is 9.53 Å². The molecule has 2 aliphatic rings. The van der Waals surface area contributed by atoms with Crippen LogP contribution in [0.15, 0.2) is 11.6 Å². The minimum absolute atomic E-state index is 0.0174. The first-order valence-corrected chi connectivity index (χ1v) is 3.56. The van der Waals surface area contributed by atoms with Crippen LogP contribution in [-0.2, 0) is 9.53 Å². The number of hydrogen-bond donors (Lipinski definition) is 1. The van der Waals surface area contributed by atoms with E-state index in [0.717, 1.165) is 12.8 Å². The van der Waals surface area contributed by atoms with E-state index in [1.165, 1.54) is 0 Å². The second kappa shape index (κ2) is 1.75. The highest BCUT2D eigenvalue weighted by molar-refractivity contribution is 6.03. The van der Waals surface area contributed by atoms with Gasteiger partial charge in [0.25, 0.3) is 0 Å². The first-order chi connectivity index (χ1) is 4.83. The lowest BCUT2D eigenvalue weighted by atomic mass is 10.1. The van der Waals surface area contributed by atoms with E-state index >= 15 is 0 Å². The van der Waals surface area contributed by atoms with Crippen molar-refractivity contribution in [3.8, 4) is 0 Å². The van der Waals surface area contributed by atoms with Crippen molar-refractivity contribution >= 4 is 5.78 Å². The van der Waals surface area contributed by atoms with Gasteiger partial charge >= 0.3 is 0 Å². The normalized spacial score (nSPS) is 27.7. The molecule has 0 bridgehead atoms. The number of Topliss-reactive ketones (excluding diaryl/α,β-unsaturated/α-hetero) is 1. The van der Waals surface area contributed by atoms with E-state index in [1.807, 2.05) is 0 Å². The van der Waals surface area contributed by atoms with E-state index in [2.05, 4.69) is 12.2 Å². The van der Waals surface area contributed by atoms with E-state index in [9.17, 15) is 4.79 Å². The van der Waals surface area contributed by atoms with Crippen LogP contribution in [0.5, 0.6) is 0 Å². The number of rotatable bonds is 2. The van der Waals surface area contributed by atoms with Gasteiger partial charge in [0.2, 0.25) is 17.4 Å². The molecule has 0 aliphatic carbocycles. The number of carbonyl (C=O) groups excluding carboxylic acids is 1. The second-order valence-corrected chi connectivity index (χ2v) is 2.61. The Kier molecular flexibility index (Phi) is 1.01. The highest BCUT2D eigenvalue weighted by atomic mass is 16.6. The van der Waals surface area contributed by atoms with Gasteiger partial charge in [-0.25, -0.2) is 0 Å². The highest BCUT2D eigenvalue weighted by Crippen LogP contribution is 2.32. The first kappa shape index (κ1) is 5.77. The van der Waals surface area contributed by atoms with Crippen molar-refractivity contribution in [1.29, 1.82) is 0 Å². The molecule has 3 heteroatoms. The number of ether oxygens (including phenoxy) is 1. The van der Waals surface area contributed by atoms with Crippen LogP contribution in [0.3, 0.4) is 0 Å². The standard InChI is InChI=1S/C7H9NO2/c1-2-3-4-5(9)6-7(8-4)10-6/h4,8H,2-3H2,1H3. The van der Waals surface area contributed by atoms with Crippen LogP contribution in [0, 0.1) is 0 Å². The molecular formula is C7H9NO2. The van der Waals surface area contributed by atoms with Crippen LogP contribution in [0.2, 0.25) is 0 Å². The molecule has 0 saturated heterocycles. The van der Waals surface area contributed by atoms with Crippen LogP contribution in [0.1, 0.15) is 19.8 Å². The molecule has 0 amide bonds. The minimum Gasteiger partial charge on any atom is -0.428 e. The Bertz CT molecular complexity index is 220. The molecule has 2 heterocycles. The topological polar surface area (TPSA) is 41.6 Å². The van der Waals surface area contributed by atoms with Gasteiger partial charge in [0.1, 0.15) is 0 Å². The maximum Gasteiger partial charge on any atom is 0.241 e. The molecule has 0 fully saturated rings. The van der Waals surface area contributed by atoms with Gasteiger partial charge in [-0.1, -0.05) is 13.3 Å². The van der Waals surface area contributed by atoms with E-state index in [-0.39, 0.29) is 11.8 Å². The number of carbonyl (C=O) groups is 1. The van der Waals surface area contributed by atoms with Gasteiger partial charge in [-0.05, 0) is 6.42 Å². The summed E-state index contributed by atoms with van der Waals surface area (Å²) < 4.78 is 4.81. The van der Waals surface area contributed by atoms with Crippen LogP contribution < -0.4 is 5.32 Å². The molecule has 1 unspecified atom stereocenters. The molecule has 1 N–H and O–H groups in total. The molecule has 3 nitrogen and oxygen atoms in total. The maximum absolute atomic E-state index is 11.1. The lowest BCUT2D eigenvalue weighted by Gasteiger charge is -2.10. The largest absolute Gasteiger partial charge is 0.428 e. The highest BCUT2D eigenvalue weighted by Gasteiger charge is 2.44. The Balaban J connectivity index is 1.99. The number of nitrogens with one attached hydrogen (secondary N) is 1. The molecule has 10 heavy (non-hydrogen) atoms. The molecule has 0 aromatic rings. The fourth-order valence-corrected chi connectivity index (χ4v) is 1.21. The molecule has 2 aliphatic heterocycles. The second-order valence-electron chi connectivity index (χ2n) is 2.61. The Labute approximate surface area is 59.1 Å². The summed E-state index contributed by atoms with van der Waals surface area (Å²) in [5, 5.41) is 2.99. The zero-order valence-electron chi connectivity index (χ0n) is 5.81. The SMILES string of the molecule is CCCC1NC2=C(O2)C1=O. The Hall–Kier alpha value is -0.990. The molecule has 0 spiro atoms. The Morgan fingerprint density at radius 2 is 2.50 bits per heavy atom. The van der Waals surface area contributed by atoms with Crippen molar-refractivity contribution in [2.75, 3.05) is 0 Å². The minimum atomic E-state index is 0.0174. The maximum atomic E-state index is 11.1. The summed E-state index contributed by atoms with van der Waals surface area (Å²) in [6.45, 7) is 2.06. The van der Waals surface area contributed by atoms with Crippen molar-refractivity contribution in [2.24, 2.45) is 0 Å². The van der Waals surface area contributed by atoms with Crippen molar-refractivity contribution in [2.45, 2.75) is 25.8 Å². The third-order valence-electron chi connectivity index (χ3n) is 1.79. The van der Waals surface area contributed by atoms with Gasteiger partial charge < -0.3 is 10.1 Å². The summed E-state index contributed by atoms with van der Waals surface area (Å²) in [5.74, 6) is 1.42. The van der Waals surface area contributed by atoms with E-state index in [4.69, 9.17) is 4.74 Å². The predicted octanol–water partition coefficient (Wildman–Crippen LogP) is 0.527. The molecule has 1 atom stereocenters. The van der Waals surface area contributed by atoms with Gasteiger partial charge in [-0.15, -0.1) is 0 Å². The average Bonchev–Trinajstić information content (AvgIpc) is 2.60. The van der Waals surface area contributed by atoms with Gasteiger partial charge in [-0.3, -0.25) is 4.79 Å². The van der Waals surface area contributed by atoms with Crippen molar-refractivity contribution in [3.05, 3.63) is 11.6 Å². The number of ketones is 1. The predicted molar refractivity (Wildman–Crippen MR) is 34.9 cm³/mol. The fraction of sp³-hybridized carbons (Fsp3) is 0.571. The smallest absolute Gasteiger partial charge is 0.241 e. The van der Waals surface area contributed by atoms with Gasteiger partial charge in [-0.2, -0.15) is 0 Å². The van der Waals surface area contributed by atoms with Crippen LogP contribution >= 0.6 is 0 Å². The molecule has 54 valence electrons. The third-order valence-corrected chi connectivity index (χ3v) is 1.79. The molecule has 2 rings (SSSR count). The molecule has 0 aromatic carbocycles. The van der Waals surface area contributed by atoms with Gasteiger partial charge in [0.05, 0.1) is 6.04 Å². The summed E-state index contributed by atoms with van der Waals surface area (Å²) in [6.07, 6.45) is 1.94. The quantitative estimate of drug-likeness (QED) is 0.606. The number of hydrogen-bond acceptors (Lipinski definition) is 3. The zero-order valence-corrected chi connectivity index (χ0v) is 5.81. The van der Waals surface area contributed by atoms with E-state index in [0.29, 0.717) is 11.6 Å². The summed E-state index contributed by atoms with van der Waals surface area (Å²) >= 11 is 0.